The third-order valence-corrected chi connectivity index (χ3v) is 5.64. The summed E-state index contributed by atoms with van der Waals surface area (Å²) in [6.07, 6.45) is 2.55. The highest BCUT2D eigenvalue weighted by atomic mass is 19.1. The summed E-state index contributed by atoms with van der Waals surface area (Å²) in [4.78, 5) is 60.5. The lowest BCUT2D eigenvalue weighted by Gasteiger charge is -2.29. The quantitative estimate of drug-likeness (QED) is 0.665. The Hall–Kier alpha value is -3.96. The molecule has 5 heterocycles. The van der Waals surface area contributed by atoms with Gasteiger partial charge in [0.25, 0.3) is 11.8 Å². The van der Waals surface area contributed by atoms with Gasteiger partial charge in [-0.15, -0.1) is 0 Å². The first-order valence-electron chi connectivity index (χ1n) is 10.1. The molecule has 1 unspecified atom stereocenters. The fourth-order valence-corrected chi connectivity index (χ4v) is 4.19. The molecule has 1 N–H and O–H groups in total. The zero-order valence-electron chi connectivity index (χ0n) is 16.7. The second-order valence-corrected chi connectivity index (χ2v) is 7.65. The minimum absolute atomic E-state index is 0.0247. The predicted molar refractivity (Wildman–Crippen MR) is 102 cm³/mol. The lowest BCUT2D eigenvalue weighted by Crippen LogP contribution is -2.55. The monoisotopic (exact) mass is 440 g/mol. The number of piperidine rings is 1. The van der Waals surface area contributed by atoms with Crippen LogP contribution in [0.1, 0.15) is 31.6 Å². The second kappa shape index (κ2) is 7.62. The Balaban J connectivity index is 1.38. The van der Waals surface area contributed by atoms with Gasteiger partial charge in [-0.3, -0.25) is 29.4 Å². The molecular formula is C20H17FN6O5. The summed E-state index contributed by atoms with van der Waals surface area (Å²) in [5.41, 5.74) is 0.452. The van der Waals surface area contributed by atoms with Gasteiger partial charge in [0.2, 0.25) is 23.5 Å². The van der Waals surface area contributed by atoms with Crippen molar-refractivity contribution in [1.29, 1.82) is 0 Å². The zero-order valence-corrected chi connectivity index (χ0v) is 16.7. The van der Waals surface area contributed by atoms with Crippen LogP contribution in [0.25, 0.3) is 11.5 Å². The molecule has 32 heavy (non-hydrogen) atoms. The average molecular weight is 440 g/mol. The summed E-state index contributed by atoms with van der Waals surface area (Å²) >= 11 is 0. The molecule has 3 aliphatic rings. The maximum Gasteiger partial charge on any atom is 0.278 e. The molecule has 0 saturated carbocycles. The maximum absolute atomic E-state index is 13.9. The van der Waals surface area contributed by atoms with E-state index in [1.807, 2.05) is 0 Å². The molecule has 0 bridgehead atoms. The molecule has 11 nitrogen and oxygen atoms in total. The van der Waals surface area contributed by atoms with Crippen molar-refractivity contribution in [1.82, 2.24) is 30.2 Å². The van der Waals surface area contributed by atoms with Gasteiger partial charge in [0.1, 0.15) is 17.4 Å². The van der Waals surface area contributed by atoms with Gasteiger partial charge >= 0.3 is 0 Å². The number of aromatic nitrogens is 3. The van der Waals surface area contributed by atoms with Crippen LogP contribution in [0.3, 0.4) is 0 Å². The number of rotatable bonds is 4. The van der Waals surface area contributed by atoms with Crippen LogP contribution in [0, 0.1) is 5.82 Å². The minimum atomic E-state index is -1.03. The second-order valence-electron chi connectivity index (χ2n) is 7.65. The summed E-state index contributed by atoms with van der Waals surface area (Å²) in [7, 11) is 0. The zero-order chi connectivity index (χ0) is 22.4. The molecular weight excluding hydrogens is 423 g/mol. The number of amides is 4. The Morgan fingerprint density at radius 3 is 2.81 bits per heavy atom. The number of pyridine rings is 1. The normalized spacial score (nSPS) is 21.3. The maximum atomic E-state index is 13.9. The Bertz CT molecular complexity index is 1190. The molecule has 1 saturated heterocycles. The molecule has 3 aliphatic heterocycles. The van der Waals surface area contributed by atoms with Crippen molar-refractivity contribution in [2.24, 2.45) is 0 Å². The van der Waals surface area contributed by atoms with E-state index in [0.717, 1.165) is 4.90 Å². The molecule has 2 aromatic heterocycles. The first kappa shape index (κ1) is 20.0. The number of hydrogen-bond acceptors (Lipinski definition) is 9. The number of nitrogens with one attached hydrogen (secondary N) is 1. The molecule has 0 aromatic carbocycles. The van der Waals surface area contributed by atoms with Gasteiger partial charge in [0.15, 0.2) is 5.82 Å². The largest absolute Gasteiger partial charge is 0.357 e. The van der Waals surface area contributed by atoms with E-state index in [1.54, 1.807) is 4.90 Å². The van der Waals surface area contributed by atoms with Crippen molar-refractivity contribution in [3.63, 3.8) is 0 Å². The average Bonchev–Trinajstić information content (AvgIpc) is 3.32. The number of hydrogen-bond donors (Lipinski definition) is 1. The van der Waals surface area contributed by atoms with Crippen molar-refractivity contribution in [2.75, 3.05) is 6.54 Å². The number of nitrogens with zero attached hydrogens (tertiary/aromatic N) is 5. The SMILES string of the molecule is O=C1CCC(N2C(=O)C3=C(C2=O)N(Cc2nc(-c4ncccc4F)no2)CCC3)C(=O)N1. The van der Waals surface area contributed by atoms with Crippen molar-refractivity contribution in [3.8, 4) is 11.5 Å². The number of imide groups is 2. The molecule has 0 spiro atoms. The molecule has 1 fully saturated rings. The summed E-state index contributed by atoms with van der Waals surface area (Å²) in [6, 6.07) is 1.65. The van der Waals surface area contributed by atoms with E-state index in [9.17, 15) is 23.6 Å². The van der Waals surface area contributed by atoms with Gasteiger partial charge in [-0.25, -0.2) is 9.37 Å². The molecule has 5 rings (SSSR count). The van der Waals surface area contributed by atoms with E-state index in [1.165, 1.54) is 18.3 Å². The van der Waals surface area contributed by atoms with Gasteiger partial charge < -0.3 is 9.42 Å². The van der Waals surface area contributed by atoms with Gasteiger partial charge in [-0.1, -0.05) is 5.16 Å². The topological polar surface area (TPSA) is 139 Å². The van der Waals surface area contributed by atoms with Crippen LogP contribution in [-0.2, 0) is 25.7 Å². The molecule has 1 atom stereocenters. The van der Waals surface area contributed by atoms with Gasteiger partial charge in [-0.05, 0) is 31.4 Å². The molecule has 0 aliphatic carbocycles. The fourth-order valence-electron chi connectivity index (χ4n) is 4.19. The summed E-state index contributed by atoms with van der Waals surface area (Å²) in [5.74, 6) is -2.70. The molecule has 4 amide bonds. The van der Waals surface area contributed by atoms with Gasteiger partial charge in [-0.2, -0.15) is 4.98 Å². The van der Waals surface area contributed by atoms with E-state index in [2.05, 4.69) is 20.4 Å². The highest BCUT2D eigenvalue weighted by Gasteiger charge is 2.48. The standard InChI is InChI=1S/C20H17FN6O5/c21-11-4-1-7-22-15(11)17-24-14(32-25-17)9-26-8-2-3-10-16(26)20(31)27(19(10)30)12-5-6-13(28)23-18(12)29/h1,4,7,12H,2-3,5-6,8-9H2,(H,23,28,29). The van der Waals surface area contributed by atoms with Crippen molar-refractivity contribution in [2.45, 2.75) is 38.3 Å². The van der Waals surface area contributed by atoms with Crippen molar-refractivity contribution >= 4 is 23.6 Å². The summed E-state index contributed by atoms with van der Waals surface area (Å²) < 4.78 is 19.2. The molecule has 12 heteroatoms. The number of carbonyl (C=O) groups excluding carboxylic acids is 4. The fraction of sp³-hybridized carbons (Fsp3) is 0.350. The van der Waals surface area contributed by atoms with E-state index in [-0.39, 0.29) is 42.5 Å². The third kappa shape index (κ3) is 3.24. The smallest absolute Gasteiger partial charge is 0.278 e. The Morgan fingerprint density at radius 1 is 1.19 bits per heavy atom. The number of carbonyl (C=O) groups is 4. The van der Waals surface area contributed by atoms with Crippen molar-refractivity contribution in [3.05, 3.63) is 41.3 Å². The van der Waals surface area contributed by atoms with Crippen LogP contribution in [0.4, 0.5) is 4.39 Å². The third-order valence-electron chi connectivity index (χ3n) is 5.64. The first-order chi connectivity index (χ1) is 15.4. The van der Waals surface area contributed by atoms with Crippen molar-refractivity contribution < 1.29 is 28.1 Å². The van der Waals surface area contributed by atoms with Crippen LogP contribution >= 0.6 is 0 Å². The Kier molecular flexibility index (Phi) is 4.76. The molecule has 2 aromatic rings. The van der Waals surface area contributed by atoms with Crippen LogP contribution in [0.2, 0.25) is 0 Å². The van der Waals surface area contributed by atoms with Gasteiger partial charge in [0.05, 0.1) is 6.54 Å². The summed E-state index contributed by atoms with van der Waals surface area (Å²) in [6.45, 7) is 0.485. The lowest BCUT2D eigenvalue weighted by atomic mass is 10.0. The Morgan fingerprint density at radius 2 is 2.03 bits per heavy atom. The first-order valence-corrected chi connectivity index (χ1v) is 10.1. The molecule has 0 radical (unpaired) electrons. The Labute approximate surface area is 180 Å². The van der Waals surface area contributed by atoms with Gasteiger partial charge in [0, 0.05) is 24.7 Å². The van der Waals surface area contributed by atoms with E-state index >= 15 is 0 Å². The highest BCUT2D eigenvalue weighted by molar-refractivity contribution is 6.21. The van der Waals surface area contributed by atoms with Crippen LogP contribution in [-0.4, -0.2) is 61.1 Å². The van der Waals surface area contributed by atoms with Crippen LogP contribution < -0.4 is 5.32 Å². The minimum Gasteiger partial charge on any atom is -0.357 e. The van der Waals surface area contributed by atoms with Crippen LogP contribution in [0.5, 0.6) is 0 Å². The van der Waals surface area contributed by atoms with E-state index in [0.29, 0.717) is 25.0 Å². The summed E-state index contributed by atoms with van der Waals surface area (Å²) in [5, 5.41) is 5.94. The lowest BCUT2D eigenvalue weighted by molar-refractivity contribution is -0.150. The van der Waals surface area contributed by atoms with Crippen LogP contribution in [0.15, 0.2) is 34.1 Å². The highest BCUT2D eigenvalue weighted by Crippen LogP contribution is 2.34. The molecule has 164 valence electrons. The van der Waals surface area contributed by atoms with E-state index in [4.69, 9.17) is 4.52 Å². The number of halogens is 1. The van der Waals surface area contributed by atoms with E-state index < -0.39 is 35.5 Å². The predicted octanol–water partition coefficient (Wildman–Crippen LogP) is 0.295.